The largest absolute Gasteiger partial charge is 0.349 e. The molecule has 0 saturated carbocycles. The van der Waals surface area contributed by atoms with Crippen LogP contribution in [0, 0.1) is 0 Å². The van der Waals surface area contributed by atoms with Gasteiger partial charge in [-0.05, 0) is 5.75 Å². The Balaban J connectivity index is 2.30. The number of amides is 1. The fraction of sp³-hybridized carbons (Fsp3) is 0.571. The summed E-state index contributed by atoms with van der Waals surface area (Å²) in [5.74, 6) is 1.15. The van der Waals surface area contributed by atoms with Crippen LogP contribution < -0.4 is 5.32 Å². The van der Waals surface area contributed by atoms with Crippen LogP contribution in [0.1, 0.15) is 12.2 Å². The van der Waals surface area contributed by atoms with E-state index in [-0.39, 0.29) is 5.91 Å². The van der Waals surface area contributed by atoms with Crippen LogP contribution in [0.4, 0.5) is 0 Å². The summed E-state index contributed by atoms with van der Waals surface area (Å²) in [7, 11) is 1.78. The molecule has 1 amide bonds. The third-order valence-electron chi connectivity index (χ3n) is 1.43. The maximum Gasteiger partial charge on any atom is 0.221 e. The van der Waals surface area contributed by atoms with E-state index in [4.69, 9.17) is 0 Å². The highest BCUT2D eigenvalue weighted by Crippen LogP contribution is 1.88. The first-order valence-corrected chi connectivity index (χ1v) is 4.57. The standard InChI is InChI=1S/C7H12N4OS/c1-11-5-9-6(10-11)4-8-7(12)2-3-13/h5,13H,2-4H2,1H3,(H,8,12). The lowest BCUT2D eigenvalue weighted by Crippen LogP contribution is -2.23. The second-order valence-corrected chi connectivity index (χ2v) is 3.03. The van der Waals surface area contributed by atoms with Gasteiger partial charge < -0.3 is 5.32 Å². The molecule has 0 aliphatic heterocycles. The third kappa shape index (κ3) is 3.45. The molecule has 1 rings (SSSR count). The van der Waals surface area contributed by atoms with Crippen molar-refractivity contribution < 1.29 is 4.79 Å². The highest BCUT2D eigenvalue weighted by Gasteiger charge is 2.01. The molecule has 5 nitrogen and oxygen atoms in total. The number of thiol groups is 1. The van der Waals surface area contributed by atoms with E-state index in [9.17, 15) is 4.79 Å². The highest BCUT2D eigenvalue weighted by molar-refractivity contribution is 7.80. The SMILES string of the molecule is Cn1cnc(CNC(=O)CCS)n1. The van der Waals surface area contributed by atoms with Crippen LogP contribution in [-0.4, -0.2) is 26.4 Å². The topological polar surface area (TPSA) is 59.8 Å². The van der Waals surface area contributed by atoms with Crippen molar-refractivity contribution in [3.63, 3.8) is 0 Å². The molecule has 0 aromatic carbocycles. The Morgan fingerprint density at radius 2 is 2.54 bits per heavy atom. The van der Waals surface area contributed by atoms with Crippen molar-refractivity contribution in [1.82, 2.24) is 20.1 Å². The molecule has 0 atom stereocenters. The predicted octanol–water partition coefficient (Wildman–Crippen LogP) is -0.249. The summed E-state index contributed by atoms with van der Waals surface area (Å²) in [5.41, 5.74) is 0. The van der Waals surface area contributed by atoms with Crippen molar-refractivity contribution >= 4 is 18.5 Å². The first kappa shape index (κ1) is 10.0. The van der Waals surface area contributed by atoms with Crippen LogP contribution in [0.2, 0.25) is 0 Å². The summed E-state index contributed by atoms with van der Waals surface area (Å²) < 4.78 is 1.60. The second kappa shape index (κ2) is 4.86. The molecule has 13 heavy (non-hydrogen) atoms. The van der Waals surface area contributed by atoms with Crippen LogP contribution >= 0.6 is 12.6 Å². The normalized spacial score (nSPS) is 10.0. The van der Waals surface area contributed by atoms with E-state index in [0.717, 1.165) is 0 Å². The molecule has 0 radical (unpaired) electrons. The van der Waals surface area contributed by atoms with Gasteiger partial charge in [-0.1, -0.05) is 0 Å². The minimum Gasteiger partial charge on any atom is -0.349 e. The molecule has 0 fully saturated rings. The van der Waals surface area contributed by atoms with E-state index in [1.165, 1.54) is 0 Å². The Morgan fingerprint density at radius 1 is 1.77 bits per heavy atom. The summed E-state index contributed by atoms with van der Waals surface area (Å²) in [6.45, 7) is 0.382. The Kier molecular flexibility index (Phi) is 3.75. The lowest BCUT2D eigenvalue weighted by atomic mass is 10.4. The molecule has 0 spiro atoms. The van der Waals surface area contributed by atoms with Gasteiger partial charge in [0.25, 0.3) is 0 Å². The number of nitrogens with zero attached hydrogens (tertiary/aromatic N) is 3. The van der Waals surface area contributed by atoms with Crippen LogP contribution in [-0.2, 0) is 18.4 Å². The molecule has 0 bridgehead atoms. The van der Waals surface area contributed by atoms with Gasteiger partial charge in [-0.15, -0.1) is 0 Å². The van der Waals surface area contributed by atoms with E-state index in [0.29, 0.717) is 24.5 Å². The first-order chi connectivity index (χ1) is 6.22. The molecule has 1 N–H and O–H groups in total. The van der Waals surface area contributed by atoms with Crippen LogP contribution in [0.5, 0.6) is 0 Å². The first-order valence-electron chi connectivity index (χ1n) is 3.94. The van der Waals surface area contributed by atoms with Gasteiger partial charge in [0.15, 0.2) is 5.82 Å². The summed E-state index contributed by atoms with van der Waals surface area (Å²) in [5, 5.41) is 6.70. The Labute approximate surface area is 81.9 Å². The van der Waals surface area contributed by atoms with Crippen molar-refractivity contribution in [2.45, 2.75) is 13.0 Å². The molecule has 1 heterocycles. The van der Waals surface area contributed by atoms with E-state index < -0.39 is 0 Å². The summed E-state index contributed by atoms with van der Waals surface area (Å²) in [6, 6.07) is 0. The lowest BCUT2D eigenvalue weighted by Gasteiger charge is -1.99. The average Bonchev–Trinajstić information content (AvgIpc) is 2.49. The molecule has 1 aromatic rings. The number of carbonyl (C=O) groups is 1. The molecule has 6 heteroatoms. The van der Waals surface area contributed by atoms with Crippen molar-refractivity contribution in [2.75, 3.05) is 5.75 Å². The summed E-state index contributed by atoms with van der Waals surface area (Å²) in [6.07, 6.45) is 2.02. The fourth-order valence-electron chi connectivity index (χ4n) is 0.832. The van der Waals surface area contributed by atoms with Gasteiger partial charge in [0.1, 0.15) is 6.33 Å². The third-order valence-corrected chi connectivity index (χ3v) is 1.65. The summed E-state index contributed by atoms with van der Waals surface area (Å²) >= 11 is 3.95. The lowest BCUT2D eigenvalue weighted by molar-refractivity contribution is -0.120. The van der Waals surface area contributed by atoms with Gasteiger partial charge in [-0.3, -0.25) is 9.48 Å². The zero-order valence-corrected chi connectivity index (χ0v) is 8.29. The van der Waals surface area contributed by atoms with Gasteiger partial charge >= 0.3 is 0 Å². The molecule has 1 aromatic heterocycles. The van der Waals surface area contributed by atoms with Gasteiger partial charge in [0, 0.05) is 13.5 Å². The monoisotopic (exact) mass is 200 g/mol. The molecule has 0 aliphatic rings. The van der Waals surface area contributed by atoms with E-state index in [1.807, 2.05) is 0 Å². The Hall–Kier alpha value is -1.04. The fourth-order valence-corrected chi connectivity index (χ4v) is 1.04. The number of hydrogen-bond donors (Lipinski definition) is 2. The van der Waals surface area contributed by atoms with Gasteiger partial charge in [-0.2, -0.15) is 17.7 Å². The van der Waals surface area contributed by atoms with Crippen molar-refractivity contribution in [3.8, 4) is 0 Å². The highest BCUT2D eigenvalue weighted by atomic mass is 32.1. The molecule has 0 unspecified atom stereocenters. The minimum atomic E-state index is -0.0255. The predicted molar refractivity (Wildman–Crippen MR) is 51.3 cm³/mol. The zero-order valence-electron chi connectivity index (χ0n) is 7.40. The van der Waals surface area contributed by atoms with Crippen molar-refractivity contribution in [3.05, 3.63) is 12.2 Å². The maximum atomic E-state index is 11.0. The molecule has 72 valence electrons. The smallest absolute Gasteiger partial charge is 0.221 e. The van der Waals surface area contributed by atoms with E-state index in [1.54, 1.807) is 18.1 Å². The zero-order chi connectivity index (χ0) is 9.68. The van der Waals surface area contributed by atoms with Crippen molar-refractivity contribution in [2.24, 2.45) is 7.05 Å². The molecule has 0 saturated heterocycles. The van der Waals surface area contributed by atoms with Crippen LogP contribution in [0.25, 0.3) is 0 Å². The number of hydrogen-bond acceptors (Lipinski definition) is 4. The minimum absolute atomic E-state index is 0.0255. The van der Waals surface area contributed by atoms with Gasteiger partial charge in [0.05, 0.1) is 6.54 Å². The molecule has 0 aliphatic carbocycles. The quantitative estimate of drug-likeness (QED) is 0.659. The average molecular weight is 200 g/mol. The second-order valence-electron chi connectivity index (χ2n) is 2.58. The van der Waals surface area contributed by atoms with Gasteiger partial charge in [-0.25, -0.2) is 4.98 Å². The van der Waals surface area contributed by atoms with Crippen LogP contribution in [0.15, 0.2) is 6.33 Å². The van der Waals surface area contributed by atoms with Crippen LogP contribution in [0.3, 0.4) is 0 Å². The van der Waals surface area contributed by atoms with E-state index >= 15 is 0 Å². The van der Waals surface area contributed by atoms with Gasteiger partial charge in [0.2, 0.25) is 5.91 Å². The maximum absolute atomic E-state index is 11.0. The number of rotatable bonds is 4. The molecular formula is C7H12N4OS. The van der Waals surface area contributed by atoms with Crippen molar-refractivity contribution in [1.29, 1.82) is 0 Å². The number of aromatic nitrogens is 3. The number of carbonyl (C=O) groups excluding carboxylic acids is 1. The van der Waals surface area contributed by atoms with E-state index in [2.05, 4.69) is 28.0 Å². The summed E-state index contributed by atoms with van der Waals surface area (Å²) in [4.78, 5) is 15.0. The number of nitrogens with one attached hydrogen (secondary N) is 1. The number of aryl methyl sites for hydroxylation is 1. The Bertz CT molecular complexity index is 286. The Morgan fingerprint density at radius 3 is 3.08 bits per heavy atom. The molecular weight excluding hydrogens is 188 g/mol.